The Bertz CT molecular complexity index is 172. The van der Waals surface area contributed by atoms with Gasteiger partial charge in [0.25, 0.3) is 0 Å². The lowest BCUT2D eigenvalue weighted by Crippen LogP contribution is -2.30. The molecule has 0 aliphatic rings. The number of unbranched alkanes of at least 4 members (excludes halogenated alkanes) is 1. The van der Waals surface area contributed by atoms with Gasteiger partial charge in [-0.2, -0.15) is 11.8 Å². The molecule has 3 heteroatoms. The van der Waals surface area contributed by atoms with Gasteiger partial charge in [-0.15, -0.1) is 0 Å². The molecule has 0 spiro atoms. The van der Waals surface area contributed by atoms with E-state index in [1.54, 1.807) is 0 Å². The second-order valence-corrected chi connectivity index (χ2v) is 3.53. The topological polar surface area (TPSA) is 19.7 Å². The molecule has 1 heterocycles. The molecule has 1 aromatic heterocycles. The fourth-order valence-corrected chi connectivity index (χ4v) is 1.49. The number of aromatic nitrogens is 2. The Balaban J connectivity index is 2.04. The maximum absolute atomic E-state index is 3.03. The molecule has 1 N–H and O–H groups in total. The summed E-state index contributed by atoms with van der Waals surface area (Å²) in [6, 6.07) is 0. The number of imidazole rings is 1. The van der Waals surface area contributed by atoms with Crippen LogP contribution in [0.15, 0.2) is 18.7 Å². The number of nitrogens with zero attached hydrogens (tertiary/aromatic N) is 1. The van der Waals surface area contributed by atoms with Gasteiger partial charge in [-0.25, -0.2) is 4.57 Å². The van der Waals surface area contributed by atoms with Crippen LogP contribution in [-0.4, -0.2) is 17.0 Å². The van der Waals surface area contributed by atoms with Crippen LogP contribution in [0, 0.1) is 0 Å². The molecular weight excluding hydrogens is 156 g/mol. The highest BCUT2D eigenvalue weighted by Gasteiger charge is 1.94. The first-order valence-electron chi connectivity index (χ1n) is 3.94. The second-order valence-electron chi connectivity index (χ2n) is 2.55. The number of thioether (sulfide) groups is 1. The zero-order valence-electron chi connectivity index (χ0n) is 6.92. The fraction of sp³-hybridized carbons (Fsp3) is 0.625. The average molecular weight is 171 g/mol. The minimum absolute atomic E-state index is 1.14. The molecule has 0 saturated heterocycles. The summed E-state index contributed by atoms with van der Waals surface area (Å²) in [4.78, 5) is 3.03. The largest absolute Gasteiger partial charge is 0.250 e. The molecule has 0 saturated carbocycles. The predicted octanol–water partition coefficient (Wildman–Crippen LogP) is 1.45. The van der Waals surface area contributed by atoms with Crippen molar-refractivity contribution in [2.75, 3.05) is 12.0 Å². The summed E-state index contributed by atoms with van der Waals surface area (Å²) in [5, 5.41) is 0. The molecule has 1 rings (SSSR count). The molecule has 0 bridgehead atoms. The third kappa shape index (κ3) is 3.46. The van der Waals surface area contributed by atoms with Crippen molar-refractivity contribution in [3.8, 4) is 0 Å². The number of nitrogens with one attached hydrogen (secondary N) is 1. The lowest BCUT2D eigenvalue weighted by molar-refractivity contribution is -0.696. The zero-order chi connectivity index (χ0) is 7.94. The highest BCUT2D eigenvalue weighted by molar-refractivity contribution is 7.98. The van der Waals surface area contributed by atoms with E-state index < -0.39 is 0 Å². The molecule has 1 aromatic rings. The summed E-state index contributed by atoms with van der Waals surface area (Å²) in [5.41, 5.74) is 0. The number of hydrogen-bond donors (Lipinski definition) is 1. The van der Waals surface area contributed by atoms with Crippen molar-refractivity contribution in [1.82, 2.24) is 4.98 Å². The van der Waals surface area contributed by atoms with Crippen LogP contribution >= 0.6 is 11.8 Å². The van der Waals surface area contributed by atoms with Crippen molar-refractivity contribution in [3.63, 3.8) is 0 Å². The number of H-pyrrole nitrogens is 1. The van der Waals surface area contributed by atoms with Gasteiger partial charge in [-0.05, 0) is 24.9 Å². The summed E-state index contributed by atoms with van der Waals surface area (Å²) < 4.78 is 2.18. The normalized spacial score (nSPS) is 10.3. The molecule has 0 atom stereocenters. The van der Waals surface area contributed by atoms with E-state index in [0.717, 1.165) is 6.54 Å². The van der Waals surface area contributed by atoms with Crippen LogP contribution in [0.1, 0.15) is 12.8 Å². The van der Waals surface area contributed by atoms with E-state index in [-0.39, 0.29) is 0 Å². The maximum atomic E-state index is 3.03. The molecule has 11 heavy (non-hydrogen) atoms. The van der Waals surface area contributed by atoms with E-state index in [4.69, 9.17) is 0 Å². The Morgan fingerprint density at radius 1 is 1.45 bits per heavy atom. The average Bonchev–Trinajstić information content (AvgIpc) is 2.50. The number of rotatable bonds is 5. The van der Waals surface area contributed by atoms with Gasteiger partial charge in [-0.3, -0.25) is 4.98 Å². The number of hydrogen-bond acceptors (Lipinski definition) is 1. The third-order valence-electron chi connectivity index (χ3n) is 1.62. The molecule has 62 valence electrons. The Morgan fingerprint density at radius 3 is 3.00 bits per heavy atom. The van der Waals surface area contributed by atoms with Crippen LogP contribution < -0.4 is 4.57 Å². The Kier molecular flexibility index (Phi) is 4.12. The molecule has 0 aliphatic heterocycles. The molecule has 0 unspecified atom stereocenters. The standard InChI is InChI=1S/C8H14N2S/c1-11-7-3-2-5-10-6-4-9-8-10/h4,6,8H,2-3,5,7H2,1H3/p+1. The Morgan fingerprint density at radius 2 is 2.36 bits per heavy atom. The summed E-state index contributed by atoms with van der Waals surface area (Å²) >= 11 is 1.92. The molecule has 0 aromatic carbocycles. The summed E-state index contributed by atoms with van der Waals surface area (Å²) in [5.74, 6) is 1.28. The fourth-order valence-electron chi connectivity index (χ4n) is 1.00. The van der Waals surface area contributed by atoms with E-state index in [1.165, 1.54) is 18.6 Å². The smallest absolute Gasteiger partial charge is 0.241 e. The van der Waals surface area contributed by atoms with Crippen molar-refractivity contribution in [1.29, 1.82) is 0 Å². The van der Waals surface area contributed by atoms with Crippen molar-refractivity contribution >= 4 is 11.8 Å². The van der Waals surface area contributed by atoms with E-state index in [0.29, 0.717) is 0 Å². The van der Waals surface area contributed by atoms with E-state index in [2.05, 4.69) is 22.0 Å². The van der Waals surface area contributed by atoms with Gasteiger partial charge >= 0.3 is 0 Å². The highest BCUT2D eigenvalue weighted by Crippen LogP contribution is 1.98. The van der Waals surface area contributed by atoms with Crippen molar-refractivity contribution < 1.29 is 4.57 Å². The predicted molar refractivity (Wildman–Crippen MR) is 48.6 cm³/mol. The van der Waals surface area contributed by atoms with Gasteiger partial charge in [0, 0.05) is 0 Å². The van der Waals surface area contributed by atoms with Crippen LogP contribution in [0.25, 0.3) is 0 Å². The lowest BCUT2D eigenvalue weighted by Gasteiger charge is -1.95. The lowest BCUT2D eigenvalue weighted by atomic mass is 10.3. The molecule has 2 nitrogen and oxygen atoms in total. The first-order chi connectivity index (χ1) is 5.43. The monoisotopic (exact) mass is 171 g/mol. The minimum Gasteiger partial charge on any atom is -0.250 e. The van der Waals surface area contributed by atoms with Crippen LogP contribution in [0.3, 0.4) is 0 Å². The van der Waals surface area contributed by atoms with Crippen LogP contribution in [0.4, 0.5) is 0 Å². The maximum Gasteiger partial charge on any atom is 0.241 e. The van der Waals surface area contributed by atoms with Crippen molar-refractivity contribution in [3.05, 3.63) is 18.7 Å². The van der Waals surface area contributed by atoms with Gasteiger partial charge in [0.15, 0.2) is 0 Å². The quantitative estimate of drug-likeness (QED) is 0.525. The minimum atomic E-state index is 1.14. The molecule has 0 aliphatic carbocycles. The van der Waals surface area contributed by atoms with Gasteiger partial charge in [0.2, 0.25) is 6.33 Å². The molecule has 0 fully saturated rings. The first-order valence-corrected chi connectivity index (χ1v) is 5.33. The highest BCUT2D eigenvalue weighted by atomic mass is 32.2. The summed E-state index contributed by atoms with van der Waals surface area (Å²) in [6.45, 7) is 1.14. The molecule has 0 amide bonds. The first kappa shape index (κ1) is 8.65. The Hall–Kier alpha value is -0.440. The van der Waals surface area contributed by atoms with E-state index in [1.807, 2.05) is 24.3 Å². The van der Waals surface area contributed by atoms with E-state index >= 15 is 0 Å². The number of aryl methyl sites for hydroxylation is 1. The van der Waals surface area contributed by atoms with Crippen molar-refractivity contribution in [2.24, 2.45) is 0 Å². The van der Waals surface area contributed by atoms with E-state index in [9.17, 15) is 0 Å². The SMILES string of the molecule is CSCCCC[n+]1cc[nH]c1. The molecule has 0 radical (unpaired) electrons. The van der Waals surface area contributed by atoms with Gasteiger partial charge < -0.3 is 0 Å². The van der Waals surface area contributed by atoms with Crippen LogP contribution in [-0.2, 0) is 6.54 Å². The zero-order valence-corrected chi connectivity index (χ0v) is 7.73. The van der Waals surface area contributed by atoms with Crippen LogP contribution in [0.2, 0.25) is 0 Å². The summed E-state index contributed by atoms with van der Waals surface area (Å²) in [7, 11) is 0. The second kappa shape index (κ2) is 5.24. The number of aromatic amines is 1. The van der Waals surface area contributed by atoms with Crippen LogP contribution in [0.5, 0.6) is 0 Å². The summed E-state index contributed by atoms with van der Waals surface area (Å²) in [6.07, 6.45) is 10.8. The van der Waals surface area contributed by atoms with Crippen molar-refractivity contribution in [2.45, 2.75) is 19.4 Å². The van der Waals surface area contributed by atoms with Gasteiger partial charge in [-0.1, -0.05) is 0 Å². The molecular formula is C8H15N2S+. The Labute approximate surface area is 72.0 Å². The van der Waals surface area contributed by atoms with Gasteiger partial charge in [0.1, 0.15) is 12.4 Å². The third-order valence-corrected chi connectivity index (χ3v) is 2.31. The van der Waals surface area contributed by atoms with Gasteiger partial charge in [0.05, 0.1) is 6.54 Å².